The van der Waals surface area contributed by atoms with Gasteiger partial charge in [0.25, 0.3) is 0 Å². The van der Waals surface area contributed by atoms with Gasteiger partial charge in [-0.15, -0.1) is 0 Å². The lowest BCUT2D eigenvalue weighted by Crippen LogP contribution is -2.44. The summed E-state index contributed by atoms with van der Waals surface area (Å²) in [4.78, 5) is 23.4. The Morgan fingerprint density at radius 1 is 1.07 bits per heavy atom. The van der Waals surface area contributed by atoms with Gasteiger partial charge in [0.2, 0.25) is 11.8 Å². The quantitative estimate of drug-likeness (QED) is 0.734. The monoisotopic (exact) mass is 394 g/mol. The number of hydrogen-bond donors (Lipinski definition) is 2. The molecule has 0 aliphatic rings. The summed E-state index contributed by atoms with van der Waals surface area (Å²) in [6.07, 6.45) is 0. The first kappa shape index (κ1) is 20.3. The Kier molecular flexibility index (Phi) is 6.13. The average molecular weight is 394 g/mol. The number of anilines is 2. The number of halogens is 1. The molecule has 27 heavy (non-hydrogen) atoms. The lowest BCUT2D eigenvalue weighted by Gasteiger charge is -2.27. The summed E-state index contributed by atoms with van der Waals surface area (Å²) in [7, 11) is -1.55. The summed E-state index contributed by atoms with van der Waals surface area (Å²) in [5, 5.41) is 2.50. The molecule has 0 aliphatic heterocycles. The molecule has 0 aliphatic carbocycles. The van der Waals surface area contributed by atoms with E-state index in [9.17, 15) is 22.4 Å². The maximum atomic E-state index is 14.1. The fraction of sp³-hybridized carbons (Fsp3) is 0.176. The van der Waals surface area contributed by atoms with Crippen LogP contribution in [0.1, 0.15) is 10.4 Å². The lowest BCUT2D eigenvalue weighted by molar-refractivity contribution is -0.114. The Hall–Kier alpha value is -2.98. The van der Waals surface area contributed by atoms with E-state index in [0.717, 1.165) is 10.4 Å². The number of carbonyl (C=O) groups excluding carboxylic acids is 2. The van der Waals surface area contributed by atoms with Gasteiger partial charge in [0.1, 0.15) is 12.4 Å². The second-order valence-electron chi connectivity index (χ2n) is 5.74. The molecule has 2 aromatic carbocycles. The maximum Gasteiger partial charge on any atom is 0.304 e. The van der Waals surface area contributed by atoms with Crippen molar-refractivity contribution < 1.29 is 22.4 Å². The van der Waals surface area contributed by atoms with E-state index in [1.807, 2.05) is 0 Å². The summed E-state index contributed by atoms with van der Waals surface area (Å²) in [5.41, 5.74) is 5.50. The topological polar surface area (TPSA) is 113 Å². The number of nitrogens with one attached hydrogen (secondary N) is 1. The van der Waals surface area contributed by atoms with Crippen molar-refractivity contribution in [2.45, 2.75) is 0 Å². The minimum atomic E-state index is -4.12. The fourth-order valence-electron chi connectivity index (χ4n) is 2.19. The molecule has 0 atom stereocenters. The Bertz CT molecular complexity index is 946. The van der Waals surface area contributed by atoms with Crippen LogP contribution in [0.25, 0.3) is 0 Å². The lowest BCUT2D eigenvalue weighted by atomic mass is 10.2. The number of rotatable bonds is 7. The van der Waals surface area contributed by atoms with Gasteiger partial charge >= 0.3 is 10.2 Å². The van der Waals surface area contributed by atoms with Crippen molar-refractivity contribution in [3.8, 4) is 0 Å². The van der Waals surface area contributed by atoms with Gasteiger partial charge in [-0.05, 0) is 36.4 Å². The van der Waals surface area contributed by atoms with Crippen LogP contribution in [0, 0.1) is 5.82 Å². The number of hydrogen-bond acceptors (Lipinski definition) is 4. The van der Waals surface area contributed by atoms with Crippen molar-refractivity contribution in [2.75, 3.05) is 30.3 Å². The molecule has 0 radical (unpaired) electrons. The summed E-state index contributed by atoms with van der Waals surface area (Å²) in [6, 6.07) is 11.0. The molecule has 144 valence electrons. The molecular weight excluding hydrogens is 375 g/mol. The summed E-state index contributed by atoms with van der Waals surface area (Å²) >= 11 is 0. The average Bonchev–Trinajstić information content (AvgIpc) is 2.60. The zero-order valence-corrected chi connectivity index (χ0v) is 15.5. The van der Waals surface area contributed by atoms with Gasteiger partial charge in [-0.2, -0.15) is 12.7 Å². The highest BCUT2D eigenvalue weighted by Gasteiger charge is 2.29. The Balaban J connectivity index is 2.26. The zero-order valence-electron chi connectivity index (χ0n) is 14.7. The number of primary amides is 1. The molecule has 0 saturated heterocycles. The Labute approximate surface area is 156 Å². The van der Waals surface area contributed by atoms with Gasteiger partial charge in [0.15, 0.2) is 0 Å². The van der Waals surface area contributed by atoms with Crippen molar-refractivity contribution >= 4 is 33.4 Å². The van der Waals surface area contributed by atoms with Crippen molar-refractivity contribution in [1.29, 1.82) is 0 Å². The number of nitrogens with two attached hydrogens (primary N) is 1. The maximum absolute atomic E-state index is 14.1. The van der Waals surface area contributed by atoms with Crippen molar-refractivity contribution in [1.82, 2.24) is 4.31 Å². The smallest absolute Gasteiger partial charge is 0.304 e. The van der Waals surface area contributed by atoms with E-state index in [1.54, 1.807) is 0 Å². The molecule has 0 spiro atoms. The molecule has 0 saturated carbocycles. The minimum absolute atomic E-state index is 0.245. The first-order valence-electron chi connectivity index (χ1n) is 7.77. The summed E-state index contributed by atoms with van der Waals surface area (Å²) in [5.74, 6) is -2.08. The Morgan fingerprint density at radius 2 is 1.67 bits per heavy atom. The highest BCUT2D eigenvalue weighted by Crippen LogP contribution is 2.23. The van der Waals surface area contributed by atoms with E-state index in [0.29, 0.717) is 9.99 Å². The van der Waals surface area contributed by atoms with Crippen LogP contribution in [0.5, 0.6) is 0 Å². The normalized spacial score (nSPS) is 11.3. The highest BCUT2D eigenvalue weighted by molar-refractivity contribution is 7.90. The van der Waals surface area contributed by atoms with Crippen molar-refractivity contribution in [3.63, 3.8) is 0 Å². The standard InChI is InChI=1S/C17H19FN4O4S/c1-21(2)27(25,26)22(15-6-4-3-5-14(15)18)11-16(23)20-13-9-7-12(8-10-13)17(19)24/h3-10H,11H2,1-2H3,(H2,19,24)(H,20,23). The number of benzene rings is 2. The molecule has 0 bridgehead atoms. The minimum Gasteiger partial charge on any atom is -0.366 e. The molecule has 2 aromatic rings. The second kappa shape index (κ2) is 8.14. The summed E-state index contributed by atoms with van der Waals surface area (Å²) < 4.78 is 40.8. The Morgan fingerprint density at radius 3 is 2.19 bits per heavy atom. The number of amides is 2. The number of carbonyl (C=O) groups is 2. The van der Waals surface area contributed by atoms with Crippen molar-refractivity contribution in [3.05, 3.63) is 59.9 Å². The second-order valence-corrected chi connectivity index (χ2v) is 7.80. The largest absolute Gasteiger partial charge is 0.366 e. The van der Waals surface area contributed by atoms with Gasteiger partial charge in [-0.3, -0.25) is 9.59 Å². The SMILES string of the molecule is CN(C)S(=O)(=O)N(CC(=O)Nc1ccc(C(N)=O)cc1)c1ccccc1F. The van der Waals surface area contributed by atoms with Crippen LogP contribution in [0.4, 0.5) is 15.8 Å². The zero-order chi connectivity index (χ0) is 20.2. The fourth-order valence-corrected chi connectivity index (χ4v) is 3.26. The molecule has 2 amide bonds. The van der Waals surface area contributed by atoms with E-state index < -0.39 is 34.4 Å². The molecule has 10 heteroatoms. The van der Waals surface area contributed by atoms with Crippen LogP contribution >= 0.6 is 0 Å². The summed E-state index contributed by atoms with van der Waals surface area (Å²) in [6.45, 7) is -0.640. The van der Waals surface area contributed by atoms with Crippen molar-refractivity contribution in [2.24, 2.45) is 5.73 Å². The molecule has 2 rings (SSSR count). The molecule has 0 fully saturated rings. The predicted molar refractivity (Wildman–Crippen MR) is 99.9 cm³/mol. The first-order valence-corrected chi connectivity index (χ1v) is 9.17. The van der Waals surface area contributed by atoms with Crippen LogP contribution in [0.2, 0.25) is 0 Å². The van der Waals surface area contributed by atoms with Gasteiger partial charge < -0.3 is 11.1 Å². The van der Waals surface area contributed by atoms with Gasteiger partial charge in [0, 0.05) is 25.3 Å². The van der Waals surface area contributed by atoms with Crippen LogP contribution < -0.4 is 15.4 Å². The van der Waals surface area contributed by atoms with Crippen LogP contribution in [0.3, 0.4) is 0 Å². The molecular formula is C17H19FN4O4S. The third kappa shape index (κ3) is 4.80. The molecule has 8 nitrogen and oxygen atoms in total. The third-order valence-electron chi connectivity index (χ3n) is 3.60. The third-order valence-corrected chi connectivity index (χ3v) is 5.41. The first-order chi connectivity index (χ1) is 12.6. The predicted octanol–water partition coefficient (Wildman–Crippen LogP) is 1.18. The van der Waals surface area contributed by atoms with Gasteiger partial charge in [-0.25, -0.2) is 8.70 Å². The van der Waals surface area contributed by atoms with Crippen LogP contribution in [-0.2, 0) is 15.0 Å². The molecule has 0 heterocycles. The molecule has 3 N–H and O–H groups in total. The van der Waals surface area contributed by atoms with E-state index in [-0.39, 0.29) is 11.3 Å². The van der Waals surface area contributed by atoms with Crippen LogP contribution in [0.15, 0.2) is 48.5 Å². The highest BCUT2D eigenvalue weighted by atomic mass is 32.2. The van der Waals surface area contributed by atoms with E-state index in [1.165, 1.54) is 56.6 Å². The van der Waals surface area contributed by atoms with E-state index in [4.69, 9.17) is 5.73 Å². The van der Waals surface area contributed by atoms with E-state index >= 15 is 0 Å². The number of para-hydroxylation sites is 1. The van der Waals surface area contributed by atoms with Crippen LogP contribution in [-0.4, -0.2) is 45.2 Å². The van der Waals surface area contributed by atoms with Gasteiger partial charge in [0.05, 0.1) is 5.69 Å². The molecule has 0 aromatic heterocycles. The molecule has 0 unspecified atom stereocenters. The number of nitrogens with zero attached hydrogens (tertiary/aromatic N) is 2. The van der Waals surface area contributed by atoms with Gasteiger partial charge in [-0.1, -0.05) is 12.1 Å². The van der Waals surface area contributed by atoms with E-state index in [2.05, 4.69) is 5.32 Å².